The molecule has 1 aromatic rings. The van der Waals surface area contributed by atoms with E-state index in [4.69, 9.17) is 0 Å². The first-order chi connectivity index (χ1) is 7.65. The Morgan fingerprint density at radius 1 is 1.62 bits per heavy atom. The van der Waals surface area contributed by atoms with Gasteiger partial charge in [-0.2, -0.15) is 0 Å². The standard InChI is InChI=1S/C12H16N2O2/c1-9(15)6-10-2-3-12(13-7-10)14-5-4-11(16)8-14/h2-3,7,11,16H,4-6,8H2,1H3/t11-/m1/s1. The number of nitrogens with zero attached hydrogens (tertiary/aromatic N) is 2. The Morgan fingerprint density at radius 3 is 2.94 bits per heavy atom. The predicted octanol–water partition coefficient (Wildman–Crippen LogP) is 0.784. The molecule has 1 aromatic heterocycles. The van der Waals surface area contributed by atoms with Crippen molar-refractivity contribution in [1.82, 2.24) is 4.98 Å². The van der Waals surface area contributed by atoms with Gasteiger partial charge in [0.25, 0.3) is 0 Å². The van der Waals surface area contributed by atoms with Gasteiger partial charge in [0.1, 0.15) is 11.6 Å². The quantitative estimate of drug-likeness (QED) is 0.818. The number of Topliss-reactive ketones (excluding diaryl/α,β-unsaturated/α-hetero) is 1. The molecule has 1 saturated heterocycles. The third-order valence-corrected chi connectivity index (χ3v) is 2.75. The molecule has 1 aliphatic heterocycles. The number of carbonyl (C=O) groups is 1. The van der Waals surface area contributed by atoms with Gasteiger partial charge < -0.3 is 10.0 Å². The predicted molar refractivity (Wildman–Crippen MR) is 61.5 cm³/mol. The van der Waals surface area contributed by atoms with Gasteiger partial charge in [0.2, 0.25) is 0 Å². The normalized spacial score (nSPS) is 20.1. The van der Waals surface area contributed by atoms with Crippen molar-refractivity contribution < 1.29 is 9.90 Å². The first kappa shape index (κ1) is 11.1. The van der Waals surface area contributed by atoms with Crippen LogP contribution in [0, 0.1) is 0 Å². The number of aliphatic hydroxyl groups is 1. The molecular weight excluding hydrogens is 204 g/mol. The maximum absolute atomic E-state index is 10.9. The number of aliphatic hydroxyl groups excluding tert-OH is 1. The summed E-state index contributed by atoms with van der Waals surface area (Å²) in [4.78, 5) is 17.3. The molecule has 86 valence electrons. The van der Waals surface area contributed by atoms with Crippen LogP contribution in [0.15, 0.2) is 18.3 Å². The van der Waals surface area contributed by atoms with Crippen molar-refractivity contribution >= 4 is 11.6 Å². The molecule has 4 nitrogen and oxygen atoms in total. The van der Waals surface area contributed by atoms with E-state index in [1.165, 1.54) is 0 Å². The minimum atomic E-state index is -0.237. The van der Waals surface area contributed by atoms with Crippen molar-refractivity contribution in [1.29, 1.82) is 0 Å². The van der Waals surface area contributed by atoms with Crippen molar-refractivity contribution in [3.63, 3.8) is 0 Å². The second-order valence-corrected chi connectivity index (χ2v) is 4.29. The largest absolute Gasteiger partial charge is 0.391 e. The summed E-state index contributed by atoms with van der Waals surface area (Å²) < 4.78 is 0. The lowest BCUT2D eigenvalue weighted by Crippen LogP contribution is -2.22. The first-order valence-electron chi connectivity index (χ1n) is 5.52. The molecule has 1 N–H and O–H groups in total. The summed E-state index contributed by atoms with van der Waals surface area (Å²) in [6.07, 6.45) is 2.74. The van der Waals surface area contributed by atoms with Gasteiger partial charge in [-0.25, -0.2) is 4.98 Å². The van der Waals surface area contributed by atoms with E-state index in [0.29, 0.717) is 13.0 Å². The van der Waals surface area contributed by atoms with E-state index in [1.54, 1.807) is 13.1 Å². The Hall–Kier alpha value is -1.42. The van der Waals surface area contributed by atoms with Crippen LogP contribution < -0.4 is 4.90 Å². The van der Waals surface area contributed by atoms with Crippen LogP contribution in [0.3, 0.4) is 0 Å². The summed E-state index contributed by atoms with van der Waals surface area (Å²) in [7, 11) is 0. The highest BCUT2D eigenvalue weighted by molar-refractivity contribution is 5.78. The minimum absolute atomic E-state index is 0.145. The highest BCUT2D eigenvalue weighted by Crippen LogP contribution is 2.18. The maximum atomic E-state index is 10.9. The van der Waals surface area contributed by atoms with E-state index in [0.717, 1.165) is 24.3 Å². The molecule has 1 fully saturated rings. The highest BCUT2D eigenvalue weighted by atomic mass is 16.3. The minimum Gasteiger partial charge on any atom is -0.391 e. The molecule has 16 heavy (non-hydrogen) atoms. The fourth-order valence-corrected chi connectivity index (χ4v) is 1.95. The van der Waals surface area contributed by atoms with Crippen molar-refractivity contribution in [2.75, 3.05) is 18.0 Å². The van der Waals surface area contributed by atoms with Gasteiger partial charge in [-0.15, -0.1) is 0 Å². The molecule has 0 bridgehead atoms. The molecule has 0 unspecified atom stereocenters. The monoisotopic (exact) mass is 220 g/mol. The zero-order chi connectivity index (χ0) is 11.5. The van der Waals surface area contributed by atoms with Gasteiger partial charge >= 0.3 is 0 Å². The summed E-state index contributed by atoms with van der Waals surface area (Å²) in [6.45, 7) is 3.07. The second-order valence-electron chi connectivity index (χ2n) is 4.29. The highest BCUT2D eigenvalue weighted by Gasteiger charge is 2.20. The lowest BCUT2D eigenvalue weighted by molar-refractivity contribution is -0.116. The van der Waals surface area contributed by atoms with Gasteiger partial charge in [-0.3, -0.25) is 4.79 Å². The Kier molecular flexibility index (Phi) is 3.19. The number of rotatable bonds is 3. The van der Waals surface area contributed by atoms with Crippen LogP contribution in [0.4, 0.5) is 5.82 Å². The third kappa shape index (κ3) is 2.58. The average molecular weight is 220 g/mol. The van der Waals surface area contributed by atoms with E-state index in [2.05, 4.69) is 9.88 Å². The number of hydrogen-bond acceptors (Lipinski definition) is 4. The lowest BCUT2D eigenvalue weighted by Gasteiger charge is -2.16. The summed E-state index contributed by atoms with van der Waals surface area (Å²) in [6, 6.07) is 3.84. The summed E-state index contributed by atoms with van der Waals surface area (Å²) >= 11 is 0. The SMILES string of the molecule is CC(=O)Cc1ccc(N2CC[C@@H](O)C2)nc1. The molecule has 0 aliphatic carbocycles. The van der Waals surface area contributed by atoms with Crippen LogP contribution in [-0.2, 0) is 11.2 Å². The van der Waals surface area contributed by atoms with Crippen LogP contribution >= 0.6 is 0 Å². The van der Waals surface area contributed by atoms with Crippen LogP contribution in [-0.4, -0.2) is 35.1 Å². The second kappa shape index (κ2) is 4.61. The van der Waals surface area contributed by atoms with E-state index in [9.17, 15) is 9.90 Å². The van der Waals surface area contributed by atoms with Gasteiger partial charge in [0, 0.05) is 25.7 Å². The van der Waals surface area contributed by atoms with Crippen molar-refractivity contribution in [3.05, 3.63) is 23.9 Å². The fourth-order valence-electron chi connectivity index (χ4n) is 1.95. The van der Waals surface area contributed by atoms with E-state index < -0.39 is 0 Å². The Balaban J connectivity index is 2.04. The molecule has 2 heterocycles. The topological polar surface area (TPSA) is 53.4 Å². The summed E-state index contributed by atoms with van der Waals surface area (Å²) in [5.74, 6) is 1.02. The zero-order valence-electron chi connectivity index (χ0n) is 9.39. The molecule has 1 aliphatic rings. The number of aromatic nitrogens is 1. The third-order valence-electron chi connectivity index (χ3n) is 2.75. The van der Waals surface area contributed by atoms with E-state index >= 15 is 0 Å². The van der Waals surface area contributed by atoms with E-state index in [-0.39, 0.29) is 11.9 Å². The van der Waals surface area contributed by atoms with E-state index in [1.807, 2.05) is 12.1 Å². The van der Waals surface area contributed by atoms with Gasteiger partial charge in [-0.1, -0.05) is 6.07 Å². The van der Waals surface area contributed by atoms with Crippen LogP contribution in [0.1, 0.15) is 18.9 Å². The Labute approximate surface area is 94.9 Å². The molecule has 0 aromatic carbocycles. The fraction of sp³-hybridized carbons (Fsp3) is 0.500. The molecule has 1 atom stereocenters. The maximum Gasteiger partial charge on any atom is 0.134 e. The van der Waals surface area contributed by atoms with Crippen molar-refractivity contribution in [3.8, 4) is 0 Å². The molecule has 0 amide bonds. The summed E-state index contributed by atoms with van der Waals surface area (Å²) in [5.41, 5.74) is 0.941. The molecule has 0 saturated carbocycles. The average Bonchev–Trinajstić information content (AvgIpc) is 2.65. The van der Waals surface area contributed by atoms with Crippen molar-refractivity contribution in [2.45, 2.75) is 25.9 Å². The number of carbonyl (C=O) groups excluding carboxylic acids is 1. The van der Waals surface area contributed by atoms with Crippen LogP contribution in [0.5, 0.6) is 0 Å². The van der Waals surface area contributed by atoms with Crippen LogP contribution in [0.25, 0.3) is 0 Å². The number of ketones is 1. The number of pyridine rings is 1. The molecule has 2 rings (SSSR count). The smallest absolute Gasteiger partial charge is 0.134 e. The first-order valence-corrected chi connectivity index (χ1v) is 5.52. The molecular formula is C12H16N2O2. The molecule has 4 heteroatoms. The molecule has 0 spiro atoms. The van der Waals surface area contributed by atoms with Crippen LogP contribution in [0.2, 0.25) is 0 Å². The van der Waals surface area contributed by atoms with Gasteiger partial charge in [-0.05, 0) is 25.0 Å². The van der Waals surface area contributed by atoms with Gasteiger partial charge in [0.15, 0.2) is 0 Å². The van der Waals surface area contributed by atoms with Crippen molar-refractivity contribution in [2.24, 2.45) is 0 Å². The number of anilines is 1. The lowest BCUT2D eigenvalue weighted by atomic mass is 10.1. The zero-order valence-corrected chi connectivity index (χ0v) is 9.39. The molecule has 0 radical (unpaired) electrons. The van der Waals surface area contributed by atoms with Gasteiger partial charge in [0.05, 0.1) is 6.10 Å². The number of β-amino-alcohol motifs (C(OH)–C–C–N with tert-alkyl or cyclic N) is 1. The Morgan fingerprint density at radius 2 is 2.44 bits per heavy atom. The summed E-state index contributed by atoms with van der Waals surface area (Å²) in [5, 5.41) is 9.42. The number of hydrogen-bond donors (Lipinski definition) is 1. The Bertz CT molecular complexity index is 375.